The summed E-state index contributed by atoms with van der Waals surface area (Å²) in [7, 11) is 0. The summed E-state index contributed by atoms with van der Waals surface area (Å²) in [6.45, 7) is 2.15. The molecule has 0 heterocycles. The summed E-state index contributed by atoms with van der Waals surface area (Å²) in [4.78, 5) is 11.6. The first-order chi connectivity index (χ1) is 9.25. The van der Waals surface area contributed by atoms with Gasteiger partial charge < -0.3 is 4.74 Å². The van der Waals surface area contributed by atoms with Crippen molar-refractivity contribution in [3.63, 3.8) is 0 Å². The van der Waals surface area contributed by atoms with E-state index in [0.717, 1.165) is 18.6 Å². The van der Waals surface area contributed by atoms with Gasteiger partial charge in [-0.15, -0.1) is 0 Å². The van der Waals surface area contributed by atoms with Gasteiger partial charge in [0.15, 0.2) is 6.61 Å². The summed E-state index contributed by atoms with van der Waals surface area (Å²) in [5.41, 5.74) is 3.67. The number of hydrogen-bond acceptors (Lipinski definition) is 3. The number of carbonyl (C=O) groups excluding carboxylic acids is 1. The highest BCUT2D eigenvalue weighted by Gasteiger charge is 2.16. The maximum atomic E-state index is 11.6. The molecule has 4 heteroatoms. The van der Waals surface area contributed by atoms with Gasteiger partial charge in [0.2, 0.25) is 0 Å². The highest BCUT2D eigenvalue weighted by Crippen LogP contribution is 2.20. The molecule has 19 heavy (non-hydrogen) atoms. The van der Waals surface area contributed by atoms with Crippen LogP contribution in [0.2, 0.25) is 0 Å². The molecular weight excluding hydrogens is 240 g/mol. The zero-order chi connectivity index (χ0) is 13.5. The Morgan fingerprint density at radius 2 is 2.16 bits per heavy atom. The van der Waals surface area contributed by atoms with E-state index in [1.165, 1.54) is 12.8 Å². The van der Waals surface area contributed by atoms with E-state index in [2.05, 4.69) is 17.5 Å². The van der Waals surface area contributed by atoms with Gasteiger partial charge in [0, 0.05) is 5.71 Å². The third-order valence-electron chi connectivity index (χ3n) is 3.33. The van der Waals surface area contributed by atoms with Crippen molar-refractivity contribution in [3.8, 4) is 5.75 Å². The molecule has 1 aromatic rings. The first-order valence-corrected chi connectivity index (χ1v) is 6.79. The molecule has 1 aliphatic rings. The van der Waals surface area contributed by atoms with Gasteiger partial charge in [-0.05, 0) is 37.3 Å². The monoisotopic (exact) mass is 260 g/mol. The Labute approximate surface area is 113 Å². The van der Waals surface area contributed by atoms with Crippen LogP contribution in [0.15, 0.2) is 35.4 Å². The van der Waals surface area contributed by atoms with Crippen molar-refractivity contribution in [1.29, 1.82) is 0 Å². The molecule has 0 bridgehead atoms. The number of para-hydroxylation sites is 1. The van der Waals surface area contributed by atoms with Crippen LogP contribution in [0.5, 0.6) is 5.75 Å². The SMILES string of the molecule is CC1CCCC/C1=N\NC(=O)COc1ccccc1. The number of nitrogens with zero attached hydrogens (tertiary/aromatic N) is 1. The van der Waals surface area contributed by atoms with Crippen molar-refractivity contribution >= 4 is 11.6 Å². The van der Waals surface area contributed by atoms with Crippen LogP contribution in [-0.4, -0.2) is 18.2 Å². The molecule has 1 fully saturated rings. The lowest BCUT2D eigenvalue weighted by molar-refractivity contribution is -0.123. The molecule has 1 aliphatic carbocycles. The largest absolute Gasteiger partial charge is 0.484 e. The topological polar surface area (TPSA) is 50.7 Å². The van der Waals surface area contributed by atoms with E-state index in [-0.39, 0.29) is 12.5 Å². The van der Waals surface area contributed by atoms with E-state index in [1.807, 2.05) is 30.3 Å². The maximum absolute atomic E-state index is 11.6. The quantitative estimate of drug-likeness (QED) is 0.846. The fourth-order valence-electron chi connectivity index (χ4n) is 2.17. The lowest BCUT2D eigenvalue weighted by atomic mass is 9.89. The molecule has 102 valence electrons. The van der Waals surface area contributed by atoms with E-state index < -0.39 is 0 Å². The van der Waals surface area contributed by atoms with Gasteiger partial charge in [0.25, 0.3) is 5.91 Å². The molecule has 1 unspecified atom stereocenters. The van der Waals surface area contributed by atoms with Crippen molar-refractivity contribution in [2.75, 3.05) is 6.61 Å². The molecule has 1 saturated carbocycles. The van der Waals surface area contributed by atoms with Gasteiger partial charge in [-0.25, -0.2) is 5.43 Å². The average molecular weight is 260 g/mol. The minimum absolute atomic E-state index is 0.00479. The Bertz CT molecular complexity index is 443. The number of carbonyl (C=O) groups is 1. The van der Waals surface area contributed by atoms with Crippen molar-refractivity contribution in [3.05, 3.63) is 30.3 Å². The van der Waals surface area contributed by atoms with Crippen LogP contribution >= 0.6 is 0 Å². The Morgan fingerprint density at radius 3 is 2.89 bits per heavy atom. The van der Waals surface area contributed by atoms with E-state index in [1.54, 1.807) is 0 Å². The number of benzene rings is 1. The van der Waals surface area contributed by atoms with Crippen molar-refractivity contribution in [2.45, 2.75) is 32.6 Å². The highest BCUT2D eigenvalue weighted by atomic mass is 16.5. The van der Waals surface area contributed by atoms with Crippen molar-refractivity contribution in [2.24, 2.45) is 11.0 Å². The highest BCUT2D eigenvalue weighted by molar-refractivity contribution is 5.88. The number of rotatable bonds is 4. The third-order valence-corrected chi connectivity index (χ3v) is 3.33. The Morgan fingerprint density at radius 1 is 1.37 bits per heavy atom. The normalized spacial score (nSPS) is 21.1. The van der Waals surface area contributed by atoms with Crippen LogP contribution in [0.1, 0.15) is 32.6 Å². The lowest BCUT2D eigenvalue weighted by Crippen LogP contribution is -2.28. The summed E-state index contributed by atoms with van der Waals surface area (Å²) in [5.74, 6) is 0.953. The number of ether oxygens (including phenoxy) is 1. The average Bonchev–Trinajstić information content (AvgIpc) is 2.45. The van der Waals surface area contributed by atoms with E-state index >= 15 is 0 Å². The second-order valence-corrected chi connectivity index (χ2v) is 4.89. The predicted molar refractivity (Wildman–Crippen MR) is 75.1 cm³/mol. The molecule has 0 radical (unpaired) electrons. The third kappa shape index (κ3) is 4.39. The molecule has 0 aromatic heterocycles. The summed E-state index contributed by atoms with van der Waals surface area (Å²) < 4.78 is 5.35. The molecule has 0 spiro atoms. The molecule has 1 atom stereocenters. The maximum Gasteiger partial charge on any atom is 0.277 e. The Kier molecular flexibility index (Phi) is 4.95. The van der Waals surface area contributed by atoms with Crippen LogP contribution in [0.25, 0.3) is 0 Å². The number of hydrazone groups is 1. The summed E-state index contributed by atoms with van der Waals surface area (Å²) in [6.07, 6.45) is 4.57. The lowest BCUT2D eigenvalue weighted by Gasteiger charge is -2.19. The van der Waals surface area contributed by atoms with Gasteiger partial charge in [0.1, 0.15) is 5.75 Å². The van der Waals surface area contributed by atoms with Crippen LogP contribution in [0, 0.1) is 5.92 Å². The molecule has 2 rings (SSSR count). The van der Waals surface area contributed by atoms with Crippen LogP contribution in [0.4, 0.5) is 0 Å². The fourth-order valence-corrected chi connectivity index (χ4v) is 2.17. The first kappa shape index (κ1) is 13.6. The Hall–Kier alpha value is -1.84. The summed E-state index contributed by atoms with van der Waals surface area (Å²) >= 11 is 0. The molecule has 1 amide bonds. The Balaban J connectivity index is 1.77. The molecule has 0 saturated heterocycles. The second kappa shape index (κ2) is 6.92. The smallest absolute Gasteiger partial charge is 0.277 e. The zero-order valence-electron chi connectivity index (χ0n) is 11.3. The number of amides is 1. The van der Waals surface area contributed by atoms with Gasteiger partial charge in [-0.1, -0.05) is 31.5 Å². The van der Waals surface area contributed by atoms with Gasteiger partial charge >= 0.3 is 0 Å². The van der Waals surface area contributed by atoms with E-state index in [0.29, 0.717) is 11.7 Å². The molecule has 1 N–H and O–H groups in total. The summed E-state index contributed by atoms with van der Waals surface area (Å²) in [6, 6.07) is 9.29. The van der Waals surface area contributed by atoms with Crippen LogP contribution in [-0.2, 0) is 4.79 Å². The number of nitrogens with one attached hydrogen (secondary N) is 1. The van der Waals surface area contributed by atoms with Crippen molar-refractivity contribution < 1.29 is 9.53 Å². The minimum atomic E-state index is -0.214. The van der Waals surface area contributed by atoms with Gasteiger partial charge in [-0.3, -0.25) is 4.79 Å². The van der Waals surface area contributed by atoms with Crippen LogP contribution < -0.4 is 10.2 Å². The van der Waals surface area contributed by atoms with Crippen molar-refractivity contribution in [1.82, 2.24) is 5.43 Å². The molecule has 1 aromatic carbocycles. The minimum Gasteiger partial charge on any atom is -0.484 e. The van der Waals surface area contributed by atoms with Crippen LogP contribution in [0.3, 0.4) is 0 Å². The second-order valence-electron chi connectivity index (χ2n) is 4.89. The van der Waals surface area contributed by atoms with E-state index in [9.17, 15) is 4.79 Å². The fraction of sp³-hybridized carbons (Fsp3) is 0.467. The number of hydrogen-bond donors (Lipinski definition) is 1. The van der Waals surface area contributed by atoms with Gasteiger partial charge in [0.05, 0.1) is 0 Å². The summed E-state index contributed by atoms with van der Waals surface area (Å²) in [5, 5.41) is 4.21. The standard InChI is InChI=1S/C15H20N2O2/c1-12-7-5-6-10-14(12)16-17-15(18)11-19-13-8-3-2-4-9-13/h2-4,8-9,12H,5-7,10-11H2,1H3,(H,17,18)/b16-14+. The molecule has 0 aliphatic heterocycles. The van der Waals surface area contributed by atoms with E-state index in [4.69, 9.17) is 4.74 Å². The zero-order valence-corrected chi connectivity index (χ0v) is 11.3. The molecule has 4 nitrogen and oxygen atoms in total. The molecular formula is C15H20N2O2. The van der Waals surface area contributed by atoms with Gasteiger partial charge in [-0.2, -0.15) is 5.10 Å². The first-order valence-electron chi connectivity index (χ1n) is 6.79. The predicted octanol–water partition coefficient (Wildman–Crippen LogP) is 2.75.